The molecule has 1 rings (SSSR count). The van der Waals surface area contributed by atoms with Crippen molar-refractivity contribution >= 4 is 27.5 Å². The molecule has 0 aliphatic carbocycles. The molecule has 5 heteroatoms. The van der Waals surface area contributed by atoms with E-state index in [2.05, 4.69) is 35.1 Å². The van der Waals surface area contributed by atoms with Gasteiger partial charge in [0.05, 0.1) is 16.6 Å². The molecule has 0 aliphatic rings. The van der Waals surface area contributed by atoms with Crippen molar-refractivity contribution in [1.82, 2.24) is 5.32 Å². The highest BCUT2D eigenvalue weighted by atomic mass is 79.9. The standard InChI is InChI=1S/C13H19BrN2O2/c1-9(2)8-18-7-6-16-13(17)10-4-3-5-11(15)12(10)14/h3-5,9H,6-8,15H2,1-2H3,(H,16,17). The number of amides is 1. The number of hydrogen-bond acceptors (Lipinski definition) is 3. The van der Waals surface area contributed by atoms with Crippen LogP contribution in [0.5, 0.6) is 0 Å². The Morgan fingerprint density at radius 2 is 2.22 bits per heavy atom. The Labute approximate surface area is 116 Å². The molecule has 18 heavy (non-hydrogen) atoms. The van der Waals surface area contributed by atoms with Gasteiger partial charge in [-0.05, 0) is 34.0 Å². The molecule has 0 fully saturated rings. The first-order chi connectivity index (χ1) is 8.52. The van der Waals surface area contributed by atoms with E-state index < -0.39 is 0 Å². The number of ether oxygens (including phenoxy) is 1. The summed E-state index contributed by atoms with van der Waals surface area (Å²) in [7, 11) is 0. The molecule has 0 saturated heterocycles. The van der Waals surface area contributed by atoms with Gasteiger partial charge in [0.1, 0.15) is 0 Å². The van der Waals surface area contributed by atoms with Gasteiger partial charge in [-0.3, -0.25) is 4.79 Å². The van der Waals surface area contributed by atoms with E-state index in [9.17, 15) is 4.79 Å². The van der Waals surface area contributed by atoms with Crippen molar-refractivity contribution in [2.45, 2.75) is 13.8 Å². The monoisotopic (exact) mass is 314 g/mol. The summed E-state index contributed by atoms with van der Waals surface area (Å²) in [5.74, 6) is 0.353. The molecular weight excluding hydrogens is 296 g/mol. The van der Waals surface area contributed by atoms with E-state index in [0.717, 1.165) is 0 Å². The highest BCUT2D eigenvalue weighted by molar-refractivity contribution is 9.10. The van der Waals surface area contributed by atoms with Crippen molar-refractivity contribution in [2.75, 3.05) is 25.5 Å². The Hall–Kier alpha value is -1.07. The van der Waals surface area contributed by atoms with Gasteiger partial charge in [-0.2, -0.15) is 0 Å². The van der Waals surface area contributed by atoms with Crippen LogP contribution in [0.25, 0.3) is 0 Å². The minimum atomic E-state index is -0.151. The zero-order valence-electron chi connectivity index (χ0n) is 10.7. The third-order valence-corrected chi connectivity index (χ3v) is 3.14. The molecule has 0 unspecified atom stereocenters. The van der Waals surface area contributed by atoms with Crippen molar-refractivity contribution in [3.63, 3.8) is 0 Å². The van der Waals surface area contributed by atoms with E-state index in [4.69, 9.17) is 10.5 Å². The summed E-state index contributed by atoms with van der Waals surface area (Å²) < 4.78 is 6.01. The van der Waals surface area contributed by atoms with Gasteiger partial charge in [0.15, 0.2) is 0 Å². The number of nitrogens with two attached hydrogens (primary N) is 1. The summed E-state index contributed by atoms with van der Waals surface area (Å²) in [5.41, 5.74) is 6.81. The Balaban J connectivity index is 2.39. The maximum atomic E-state index is 11.9. The normalized spacial score (nSPS) is 10.7. The molecule has 0 bridgehead atoms. The SMILES string of the molecule is CC(C)COCCNC(=O)c1cccc(N)c1Br. The van der Waals surface area contributed by atoms with Crippen molar-refractivity contribution < 1.29 is 9.53 Å². The smallest absolute Gasteiger partial charge is 0.252 e. The second-order valence-corrected chi connectivity index (χ2v) is 5.23. The van der Waals surface area contributed by atoms with Gasteiger partial charge < -0.3 is 15.8 Å². The number of rotatable bonds is 6. The van der Waals surface area contributed by atoms with Crippen LogP contribution in [0.15, 0.2) is 22.7 Å². The highest BCUT2D eigenvalue weighted by Gasteiger charge is 2.10. The molecule has 1 aromatic rings. The summed E-state index contributed by atoms with van der Waals surface area (Å²) in [5, 5.41) is 2.79. The minimum Gasteiger partial charge on any atom is -0.398 e. The van der Waals surface area contributed by atoms with E-state index in [0.29, 0.717) is 41.4 Å². The minimum absolute atomic E-state index is 0.151. The van der Waals surface area contributed by atoms with Gasteiger partial charge in [0.2, 0.25) is 0 Å². The van der Waals surface area contributed by atoms with Crippen LogP contribution in [0, 0.1) is 5.92 Å². The Kier molecular flexibility index (Phi) is 6.15. The molecule has 3 N–H and O–H groups in total. The summed E-state index contributed by atoms with van der Waals surface area (Å²) >= 11 is 3.31. The van der Waals surface area contributed by atoms with E-state index >= 15 is 0 Å². The van der Waals surface area contributed by atoms with Crippen molar-refractivity contribution in [3.8, 4) is 0 Å². The largest absolute Gasteiger partial charge is 0.398 e. The van der Waals surface area contributed by atoms with Crippen molar-refractivity contribution in [2.24, 2.45) is 5.92 Å². The number of benzene rings is 1. The fraction of sp³-hybridized carbons (Fsp3) is 0.462. The number of anilines is 1. The number of carbonyl (C=O) groups excluding carboxylic acids is 1. The predicted octanol–water partition coefficient (Wildman–Crippen LogP) is 2.43. The predicted molar refractivity (Wildman–Crippen MR) is 76.5 cm³/mol. The molecular formula is C13H19BrN2O2. The number of hydrogen-bond donors (Lipinski definition) is 2. The van der Waals surface area contributed by atoms with Gasteiger partial charge in [-0.15, -0.1) is 0 Å². The Morgan fingerprint density at radius 3 is 2.89 bits per heavy atom. The van der Waals surface area contributed by atoms with Crippen LogP contribution in [0.3, 0.4) is 0 Å². The van der Waals surface area contributed by atoms with Crippen LogP contribution in [-0.2, 0) is 4.74 Å². The first-order valence-corrected chi connectivity index (χ1v) is 6.71. The maximum absolute atomic E-state index is 11.9. The van der Waals surface area contributed by atoms with Crippen LogP contribution < -0.4 is 11.1 Å². The van der Waals surface area contributed by atoms with Crippen LogP contribution in [0.4, 0.5) is 5.69 Å². The van der Waals surface area contributed by atoms with Crippen LogP contribution >= 0.6 is 15.9 Å². The maximum Gasteiger partial charge on any atom is 0.252 e. The number of halogens is 1. The van der Waals surface area contributed by atoms with E-state index in [-0.39, 0.29) is 5.91 Å². The molecule has 0 radical (unpaired) electrons. The lowest BCUT2D eigenvalue weighted by Gasteiger charge is -2.09. The quantitative estimate of drug-likeness (QED) is 0.626. The number of carbonyl (C=O) groups is 1. The van der Waals surface area contributed by atoms with Gasteiger partial charge in [-0.1, -0.05) is 19.9 Å². The molecule has 0 atom stereocenters. The molecule has 0 saturated carbocycles. The lowest BCUT2D eigenvalue weighted by atomic mass is 10.2. The third kappa shape index (κ3) is 4.66. The summed E-state index contributed by atoms with van der Waals surface area (Å²) in [6.07, 6.45) is 0. The zero-order chi connectivity index (χ0) is 13.5. The Bertz CT molecular complexity index is 408. The molecule has 0 heterocycles. The van der Waals surface area contributed by atoms with Gasteiger partial charge >= 0.3 is 0 Å². The fourth-order valence-electron chi connectivity index (χ4n) is 1.38. The number of nitrogens with one attached hydrogen (secondary N) is 1. The molecule has 0 aromatic heterocycles. The second kappa shape index (κ2) is 7.38. The summed E-state index contributed by atoms with van der Waals surface area (Å²) in [6.45, 7) is 5.89. The Morgan fingerprint density at radius 1 is 1.50 bits per heavy atom. The van der Waals surface area contributed by atoms with Crippen molar-refractivity contribution in [1.29, 1.82) is 0 Å². The van der Waals surface area contributed by atoms with Crippen LogP contribution in [0.2, 0.25) is 0 Å². The van der Waals surface area contributed by atoms with E-state index in [1.165, 1.54) is 0 Å². The van der Waals surface area contributed by atoms with E-state index in [1.54, 1.807) is 18.2 Å². The highest BCUT2D eigenvalue weighted by Crippen LogP contribution is 2.23. The van der Waals surface area contributed by atoms with Gasteiger partial charge in [0, 0.05) is 18.8 Å². The van der Waals surface area contributed by atoms with Gasteiger partial charge in [-0.25, -0.2) is 0 Å². The molecule has 0 spiro atoms. The first kappa shape index (κ1) is 15.0. The molecule has 1 aromatic carbocycles. The average Bonchev–Trinajstić information content (AvgIpc) is 2.31. The summed E-state index contributed by atoms with van der Waals surface area (Å²) in [6, 6.07) is 5.22. The van der Waals surface area contributed by atoms with Gasteiger partial charge in [0.25, 0.3) is 5.91 Å². The lowest BCUT2D eigenvalue weighted by Crippen LogP contribution is -2.28. The molecule has 100 valence electrons. The van der Waals surface area contributed by atoms with Crippen LogP contribution in [-0.4, -0.2) is 25.7 Å². The summed E-state index contributed by atoms with van der Waals surface area (Å²) in [4.78, 5) is 11.9. The molecule has 4 nitrogen and oxygen atoms in total. The lowest BCUT2D eigenvalue weighted by molar-refractivity contribution is 0.0885. The zero-order valence-corrected chi connectivity index (χ0v) is 12.3. The van der Waals surface area contributed by atoms with Crippen molar-refractivity contribution in [3.05, 3.63) is 28.2 Å². The first-order valence-electron chi connectivity index (χ1n) is 5.92. The van der Waals surface area contributed by atoms with Crippen LogP contribution in [0.1, 0.15) is 24.2 Å². The average molecular weight is 315 g/mol. The third-order valence-electron chi connectivity index (χ3n) is 2.26. The fourth-order valence-corrected chi connectivity index (χ4v) is 1.82. The second-order valence-electron chi connectivity index (χ2n) is 4.43. The molecule has 1 amide bonds. The topological polar surface area (TPSA) is 64.3 Å². The molecule has 0 aliphatic heterocycles. The number of nitrogen functional groups attached to an aromatic ring is 1. The van der Waals surface area contributed by atoms with E-state index in [1.807, 2.05) is 0 Å².